The van der Waals surface area contributed by atoms with Crippen LogP contribution >= 0.6 is 0 Å². The zero-order chi connectivity index (χ0) is 26.1. The monoisotopic (exact) mass is 493 g/mol. The summed E-state index contributed by atoms with van der Waals surface area (Å²) in [5, 5.41) is 51.3. The van der Waals surface area contributed by atoms with Gasteiger partial charge in [-0.1, -0.05) is 42.5 Å². The molecule has 2 unspecified atom stereocenters. The van der Waals surface area contributed by atoms with Crippen LogP contribution in [0.3, 0.4) is 0 Å². The van der Waals surface area contributed by atoms with Crippen LogP contribution in [0.25, 0.3) is 21.9 Å². The Morgan fingerprint density at radius 3 is 2.19 bits per heavy atom. The standard InChI is InChI=1S/C27H27NO8/c29-22-9-6-19-12-18(2-3-20(19)13-22)17-4-7-21(8-5-17)26(35)10-1-11-28(16-26)23(30)14-27(36,25(33)34)15-24(31)32/h2-9,12-13,29,35-36H,1,10-11,14-16H2,(H,31,32)(H,33,34). The lowest BCUT2D eigenvalue weighted by Gasteiger charge is -2.40. The van der Waals surface area contributed by atoms with Crippen molar-refractivity contribution in [1.82, 2.24) is 4.90 Å². The summed E-state index contributed by atoms with van der Waals surface area (Å²) in [6.45, 7) is 0.155. The second kappa shape index (κ2) is 9.60. The molecule has 1 amide bonds. The highest BCUT2D eigenvalue weighted by Gasteiger charge is 2.44. The Morgan fingerprint density at radius 1 is 0.889 bits per heavy atom. The van der Waals surface area contributed by atoms with Crippen molar-refractivity contribution in [2.24, 2.45) is 0 Å². The lowest BCUT2D eigenvalue weighted by atomic mass is 9.84. The van der Waals surface area contributed by atoms with Gasteiger partial charge in [0.1, 0.15) is 11.4 Å². The number of carbonyl (C=O) groups excluding carboxylic acids is 1. The third kappa shape index (κ3) is 5.17. The third-order valence-electron chi connectivity index (χ3n) is 6.69. The highest BCUT2D eigenvalue weighted by atomic mass is 16.4. The Balaban J connectivity index is 1.51. The highest BCUT2D eigenvalue weighted by Crippen LogP contribution is 2.34. The number of hydrogen-bond donors (Lipinski definition) is 5. The number of carbonyl (C=O) groups is 3. The fourth-order valence-electron chi connectivity index (χ4n) is 4.70. The largest absolute Gasteiger partial charge is 0.508 e. The van der Waals surface area contributed by atoms with Gasteiger partial charge in [-0.05, 0) is 58.5 Å². The van der Waals surface area contributed by atoms with Crippen LogP contribution in [0.15, 0.2) is 60.7 Å². The lowest BCUT2D eigenvalue weighted by Crippen LogP contribution is -2.52. The number of benzene rings is 3. The number of nitrogens with zero attached hydrogens (tertiary/aromatic N) is 1. The van der Waals surface area contributed by atoms with E-state index in [0.717, 1.165) is 21.9 Å². The summed E-state index contributed by atoms with van der Waals surface area (Å²) in [5.74, 6) is -3.86. The second-order valence-electron chi connectivity index (χ2n) is 9.36. The van der Waals surface area contributed by atoms with Gasteiger partial charge >= 0.3 is 11.9 Å². The summed E-state index contributed by atoms with van der Waals surface area (Å²) in [6.07, 6.45) is -1.17. The van der Waals surface area contributed by atoms with Crippen molar-refractivity contribution in [2.45, 2.75) is 36.9 Å². The third-order valence-corrected chi connectivity index (χ3v) is 6.69. The summed E-state index contributed by atoms with van der Waals surface area (Å²) in [4.78, 5) is 36.4. The van der Waals surface area contributed by atoms with Gasteiger partial charge in [0.15, 0.2) is 5.60 Å². The number of piperidine rings is 1. The molecular formula is C27H27NO8. The maximum Gasteiger partial charge on any atom is 0.336 e. The van der Waals surface area contributed by atoms with Crippen molar-refractivity contribution in [2.75, 3.05) is 13.1 Å². The maximum absolute atomic E-state index is 12.8. The number of aliphatic carboxylic acids is 2. The highest BCUT2D eigenvalue weighted by molar-refractivity contribution is 5.90. The number of aromatic hydroxyl groups is 1. The van der Waals surface area contributed by atoms with Crippen LogP contribution in [0, 0.1) is 0 Å². The van der Waals surface area contributed by atoms with Crippen molar-refractivity contribution < 1.29 is 39.9 Å². The molecular weight excluding hydrogens is 466 g/mol. The molecule has 1 fully saturated rings. The van der Waals surface area contributed by atoms with Crippen molar-refractivity contribution in [3.8, 4) is 16.9 Å². The van der Waals surface area contributed by atoms with E-state index in [1.165, 1.54) is 4.90 Å². The Hall–Kier alpha value is -3.95. The number of β-amino-alcohol motifs (C(OH)–C–C–N with tert-alkyl or cyclic N) is 1. The van der Waals surface area contributed by atoms with E-state index in [0.29, 0.717) is 18.4 Å². The van der Waals surface area contributed by atoms with E-state index in [4.69, 9.17) is 5.11 Å². The van der Waals surface area contributed by atoms with Crippen molar-refractivity contribution in [3.63, 3.8) is 0 Å². The molecule has 3 aromatic rings. The zero-order valence-corrected chi connectivity index (χ0v) is 19.4. The summed E-state index contributed by atoms with van der Waals surface area (Å²) in [7, 11) is 0. The minimum absolute atomic E-state index is 0.104. The normalized spacial score (nSPS) is 19.6. The Labute approximate surface area is 206 Å². The van der Waals surface area contributed by atoms with Crippen LogP contribution < -0.4 is 0 Å². The number of carboxylic acid groups (broad SMARTS) is 2. The molecule has 2 atom stereocenters. The number of likely N-dealkylation sites (tertiary alicyclic amines) is 1. The Morgan fingerprint density at radius 2 is 1.53 bits per heavy atom. The molecule has 0 radical (unpaired) electrons. The predicted molar refractivity (Wildman–Crippen MR) is 130 cm³/mol. The minimum Gasteiger partial charge on any atom is -0.508 e. The molecule has 0 aromatic heterocycles. The first-order valence-corrected chi connectivity index (χ1v) is 11.5. The lowest BCUT2D eigenvalue weighted by molar-refractivity contribution is -0.170. The average Bonchev–Trinajstić information content (AvgIpc) is 2.83. The first-order chi connectivity index (χ1) is 17.0. The van der Waals surface area contributed by atoms with E-state index in [1.807, 2.05) is 36.4 Å². The van der Waals surface area contributed by atoms with Crippen LogP contribution in [0.2, 0.25) is 0 Å². The van der Waals surface area contributed by atoms with Crippen molar-refractivity contribution >= 4 is 28.6 Å². The van der Waals surface area contributed by atoms with Crippen LogP contribution in [0.1, 0.15) is 31.2 Å². The number of hydrogen-bond acceptors (Lipinski definition) is 6. The van der Waals surface area contributed by atoms with Gasteiger partial charge in [-0.15, -0.1) is 0 Å². The molecule has 0 bridgehead atoms. The molecule has 1 aliphatic rings. The van der Waals surface area contributed by atoms with Gasteiger partial charge in [-0.2, -0.15) is 0 Å². The van der Waals surface area contributed by atoms with E-state index in [-0.39, 0.29) is 18.8 Å². The van der Waals surface area contributed by atoms with E-state index >= 15 is 0 Å². The number of amides is 1. The molecule has 0 saturated carbocycles. The molecule has 1 heterocycles. The van der Waals surface area contributed by atoms with Crippen LogP contribution in [0.5, 0.6) is 5.75 Å². The van der Waals surface area contributed by atoms with Gasteiger partial charge in [0, 0.05) is 6.54 Å². The zero-order valence-electron chi connectivity index (χ0n) is 19.4. The van der Waals surface area contributed by atoms with Crippen LogP contribution in [-0.4, -0.2) is 67.0 Å². The van der Waals surface area contributed by atoms with Gasteiger partial charge < -0.3 is 30.4 Å². The number of aliphatic hydroxyl groups is 2. The molecule has 3 aromatic carbocycles. The average molecular weight is 494 g/mol. The molecule has 9 heteroatoms. The number of fused-ring (bicyclic) bond motifs is 1. The Kier molecular flexibility index (Phi) is 6.71. The predicted octanol–water partition coefficient (Wildman–Crippen LogP) is 2.70. The van der Waals surface area contributed by atoms with Crippen LogP contribution in [-0.2, 0) is 20.0 Å². The number of carboxylic acids is 2. The quantitative estimate of drug-likeness (QED) is 0.336. The van der Waals surface area contributed by atoms with Gasteiger partial charge in [0.05, 0.1) is 19.4 Å². The second-order valence-corrected chi connectivity index (χ2v) is 9.36. The molecule has 5 N–H and O–H groups in total. The summed E-state index contributed by atoms with van der Waals surface area (Å²) in [5.41, 5.74) is -1.63. The smallest absolute Gasteiger partial charge is 0.336 e. The molecule has 9 nitrogen and oxygen atoms in total. The first kappa shape index (κ1) is 25.2. The fraction of sp³-hybridized carbons (Fsp3) is 0.296. The summed E-state index contributed by atoms with van der Waals surface area (Å²) < 4.78 is 0. The topological polar surface area (TPSA) is 156 Å². The molecule has 36 heavy (non-hydrogen) atoms. The van der Waals surface area contributed by atoms with Gasteiger partial charge in [0.25, 0.3) is 0 Å². The van der Waals surface area contributed by atoms with Crippen molar-refractivity contribution in [1.29, 1.82) is 0 Å². The molecule has 4 rings (SSSR count). The SMILES string of the molecule is O=C(O)CC(O)(CC(=O)N1CCCC(O)(c2ccc(-c3ccc4cc(O)ccc4c3)cc2)C1)C(=O)O. The van der Waals surface area contributed by atoms with E-state index in [9.17, 15) is 34.8 Å². The van der Waals surface area contributed by atoms with E-state index in [1.54, 1.807) is 24.3 Å². The molecule has 188 valence electrons. The molecule has 0 aliphatic carbocycles. The summed E-state index contributed by atoms with van der Waals surface area (Å²) in [6, 6.07) is 18.3. The number of rotatable bonds is 7. The van der Waals surface area contributed by atoms with Crippen LogP contribution in [0.4, 0.5) is 0 Å². The van der Waals surface area contributed by atoms with E-state index in [2.05, 4.69) is 0 Å². The molecule has 1 saturated heterocycles. The molecule has 0 spiro atoms. The Bertz CT molecular complexity index is 1320. The fourth-order valence-corrected chi connectivity index (χ4v) is 4.70. The van der Waals surface area contributed by atoms with Gasteiger partial charge in [0.2, 0.25) is 5.91 Å². The summed E-state index contributed by atoms with van der Waals surface area (Å²) >= 11 is 0. The van der Waals surface area contributed by atoms with E-state index < -0.39 is 41.9 Å². The maximum atomic E-state index is 12.8. The molecule has 1 aliphatic heterocycles. The van der Waals surface area contributed by atoms with Crippen molar-refractivity contribution in [3.05, 3.63) is 66.2 Å². The van der Waals surface area contributed by atoms with Gasteiger partial charge in [-0.3, -0.25) is 9.59 Å². The minimum atomic E-state index is -2.72. The number of phenols is 1. The van der Waals surface area contributed by atoms with Gasteiger partial charge in [-0.25, -0.2) is 4.79 Å². The number of phenolic OH excluding ortho intramolecular Hbond substituents is 1. The first-order valence-electron chi connectivity index (χ1n) is 11.5.